The van der Waals surface area contributed by atoms with Crippen LogP contribution in [0, 0.1) is 10.1 Å². The average Bonchev–Trinajstić information content (AvgIpc) is 2.70. The maximum absolute atomic E-state index is 12.2. The van der Waals surface area contributed by atoms with Crippen LogP contribution in [0.15, 0.2) is 42.5 Å². The Morgan fingerprint density at radius 1 is 1.11 bits per heavy atom. The third-order valence-corrected chi connectivity index (χ3v) is 4.27. The lowest BCUT2D eigenvalue weighted by Crippen LogP contribution is -2.26. The van der Waals surface area contributed by atoms with Gasteiger partial charge in [0.15, 0.2) is 11.5 Å². The second-order valence-electron chi connectivity index (χ2n) is 6.24. The summed E-state index contributed by atoms with van der Waals surface area (Å²) in [4.78, 5) is 22.4. The Morgan fingerprint density at radius 3 is 2.39 bits per heavy atom. The molecule has 2 aromatic rings. The van der Waals surface area contributed by atoms with Crippen LogP contribution < -0.4 is 20.1 Å². The van der Waals surface area contributed by atoms with E-state index in [2.05, 4.69) is 10.6 Å². The Kier molecular flexibility index (Phi) is 7.62. The predicted octanol–water partition coefficient (Wildman–Crippen LogP) is 3.68. The van der Waals surface area contributed by atoms with Gasteiger partial charge in [0.1, 0.15) is 0 Å². The van der Waals surface area contributed by atoms with Crippen molar-refractivity contribution >= 4 is 17.3 Å². The lowest BCUT2D eigenvalue weighted by Gasteiger charge is -2.16. The lowest BCUT2D eigenvalue weighted by molar-refractivity contribution is -0.384. The number of carbonyl (C=O) groups is 1. The zero-order chi connectivity index (χ0) is 20.5. The molecule has 0 aliphatic rings. The molecule has 1 atom stereocenters. The van der Waals surface area contributed by atoms with Crippen LogP contribution in [-0.4, -0.2) is 31.6 Å². The van der Waals surface area contributed by atoms with Crippen LogP contribution in [-0.2, 0) is 4.79 Å². The molecule has 1 amide bonds. The highest BCUT2D eigenvalue weighted by atomic mass is 16.6. The number of hydrogen-bond donors (Lipinski definition) is 2. The van der Waals surface area contributed by atoms with Crippen molar-refractivity contribution < 1.29 is 19.2 Å². The second kappa shape index (κ2) is 10.1. The molecular formula is C20H25N3O5. The number of anilines is 1. The number of nitrogens with one attached hydrogen (secondary N) is 2. The predicted molar refractivity (Wildman–Crippen MR) is 107 cm³/mol. The Balaban J connectivity index is 1.76. The first-order valence-corrected chi connectivity index (χ1v) is 8.94. The minimum absolute atomic E-state index is 0.0483. The molecule has 2 rings (SSSR count). The van der Waals surface area contributed by atoms with Gasteiger partial charge in [-0.1, -0.05) is 6.07 Å². The van der Waals surface area contributed by atoms with E-state index < -0.39 is 4.92 Å². The number of benzene rings is 2. The topological polar surface area (TPSA) is 103 Å². The highest BCUT2D eigenvalue weighted by Gasteiger charge is 2.12. The van der Waals surface area contributed by atoms with E-state index in [0.29, 0.717) is 30.9 Å². The number of hydrogen-bond acceptors (Lipinski definition) is 6. The molecule has 28 heavy (non-hydrogen) atoms. The largest absolute Gasteiger partial charge is 0.493 e. The minimum atomic E-state index is -0.437. The molecule has 0 spiro atoms. The molecule has 0 saturated heterocycles. The first kappa shape index (κ1) is 21.0. The van der Waals surface area contributed by atoms with Crippen LogP contribution >= 0.6 is 0 Å². The fraction of sp³-hybridized carbons (Fsp3) is 0.350. The fourth-order valence-electron chi connectivity index (χ4n) is 2.70. The zero-order valence-corrected chi connectivity index (χ0v) is 16.2. The number of methoxy groups -OCH3 is 2. The monoisotopic (exact) mass is 387 g/mol. The van der Waals surface area contributed by atoms with Crippen molar-refractivity contribution in [3.05, 3.63) is 58.1 Å². The van der Waals surface area contributed by atoms with E-state index in [1.165, 1.54) is 12.1 Å². The molecule has 0 aliphatic heterocycles. The number of nitro benzene ring substituents is 1. The van der Waals surface area contributed by atoms with Crippen LogP contribution in [0.1, 0.15) is 31.4 Å². The van der Waals surface area contributed by atoms with Crippen LogP contribution in [0.5, 0.6) is 11.5 Å². The summed E-state index contributed by atoms with van der Waals surface area (Å²) in [7, 11) is 3.15. The van der Waals surface area contributed by atoms with Crippen LogP contribution in [0.3, 0.4) is 0 Å². The van der Waals surface area contributed by atoms with E-state index in [9.17, 15) is 14.9 Å². The highest BCUT2D eigenvalue weighted by molar-refractivity contribution is 5.76. The van der Waals surface area contributed by atoms with E-state index in [1.54, 1.807) is 26.4 Å². The quantitative estimate of drug-likeness (QED) is 0.366. The number of nitrogens with zero attached hydrogens (tertiary/aromatic N) is 1. The third-order valence-electron chi connectivity index (χ3n) is 4.27. The summed E-state index contributed by atoms with van der Waals surface area (Å²) in [5.41, 5.74) is 1.76. The molecule has 8 nitrogen and oxygen atoms in total. The summed E-state index contributed by atoms with van der Waals surface area (Å²) in [5, 5.41) is 16.7. The van der Waals surface area contributed by atoms with Gasteiger partial charge in [0.2, 0.25) is 5.91 Å². The van der Waals surface area contributed by atoms with Crippen molar-refractivity contribution in [2.45, 2.75) is 25.8 Å². The van der Waals surface area contributed by atoms with E-state index in [0.717, 1.165) is 11.3 Å². The molecule has 0 aliphatic carbocycles. The number of amides is 1. The molecule has 0 radical (unpaired) electrons. The zero-order valence-electron chi connectivity index (χ0n) is 16.2. The van der Waals surface area contributed by atoms with E-state index in [1.807, 2.05) is 25.1 Å². The number of non-ortho nitro benzene ring substituents is 1. The van der Waals surface area contributed by atoms with Gasteiger partial charge in [-0.2, -0.15) is 0 Å². The molecule has 0 fully saturated rings. The highest BCUT2D eigenvalue weighted by Crippen LogP contribution is 2.29. The van der Waals surface area contributed by atoms with Crippen molar-refractivity contribution in [1.82, 2.24) is 5.32 Å². The molecule has 0 heterocycles. The molecule has 150 valence electrons. The number of ether oxygens (including phenoxy) is 2. The Labute approximate surface area is 164 Å². The lowest BCUT2D eigenvalue weighted by atomic mass is 10.1. The van der Waals surface area contributed by atoms with Gasteiger partial charge in [-0.15, -0.1) is 0 Å². The van der Waals surface area contributed by atoms with Gasteiger partial charge in [-0.3, -0.25) is 14.9 Å². The summed E-state index contributed by atoms with van der Waals surface area (Å²) >= 11 is 0. The number of rotatable bonds is 10. The van der Waals surface area contributed by atoms with Crippen molar-refractivity contribution in [1.29, 1.82) is 0 Å². The molecule has 0 bridgehead atoms. The van der Waals surface area contributed by atoms with Gasteiger partial charge < -0.3 is 20.1 Å². The van der Waals surface area contributed by atoms with E-state index >= 15 is 0 Å². The Hall–Kier alpha value is -3.29. The van der Waals surface area contributed by atoms with Gasteiger partial charge in [0.05, 0.1) is 25.2 Å². The van der Waals surface area contributed by atoms with Gasteiger partial charge in [-0.05, 0) is 43.2 Å². The average molecular weight is 387 g/mol. The molecule has 8 heteroatoms. The smallest absolute Gasteiger partial charge is 0.269 e. The molecule has 0 aromatic heterocycles. The molecule has 2 N–H and O–H groups in total. The number of carbonyl (C=O) groups excluding carboxylic acids is 1. The maximum Gasteiger partial charge on any atom is 0.269 e. The molecule has 0 saturated carbocycles. The third kappa shape index (κ3) is 5.87. The molecule has 1 unspecified atom stereocenters. The van der Waals surface area contributed by atoms with Crippen molar-refractivity contribution in [2.75, 3.05) is 26.1 Å². The molecular weight excluding hydrogens is 362 g/mol. The van der Waals surface area contributed by atoms with Crippen LogP contribution in [0.4, 0.5) is 11.4 Å². The maximum atomic E-state index is 12.2. The fourth-order valence-corrected chi connectivity index (χ4v) is 2.70. The van der Waals surface area contributed by atoms with Crippen molar-refractivity contribution in [2.24, 2.45) is 0 Å². The van der Waals surface area contributed by atoms with Gasteiger partial charge in [0, 0.05) is 30.8 Å². The van der Waals surface area contributed by atoms with Crippen molar-refractivity contribution in [3.63, 3.8) is 0 Å². The summed E-state index contributed by atoms with van der Waals surface area (Å²) in [6.07, 6.45) is 1.01. The number of nitro groups is 1. The van der Waals surface area contributed by atoms with Crippen LogP contribution in [0.2, 0.25) is 0 Å². The van der Waals surface area contributed by atoms with Crippen molar-refractivity contribution in [3.8, 4) is 11.5 Å². The normalized spacial score (nSPS) is 11.4. The standard InChI is InChI=1S/C20H25N3O5/c1-14(15-6-11-18(27-2)19(13-15)28-3)22-20(24)5-4-12-21-16-7-9-17(10-8-16)23(25)26/h6-11,13-14,21H,4-5,12H2,1-3H3,(H,22,24). The summed E-state index contributed by atoms with van der Waals surface area (Å²) in [6.45, 7) is 2.50. The first-order valence-electron chi connectivity index (χ1n) is 8.94. The summed E-state index contributed by atoms with van der Waals surface area (Å²) < 4.78 is 10.5. The summed E-state index contributed by atoms with van der Waals surface area (Å²) in [5.74, 6) is 1.21. The van der Waals surface area contributed by atoms with Gasteiger partial charge in [0.25, 0.3) is 5.69 Å². The Morgan fingerprint density at radius 2 is 1.79 bits per heavy atom. The van der Waals surface area contributed by atoms with Gasteiger partial charge in [-0.25, -0.2) is 0 Å². The summed E-state index contributed by atoms with van der Waals surface area (Å²) in [6, 6.07) is 11.6. The molecule has 2 aromatic carbocycles. The van der Waals surface area contributed by atoms with E-state index in [-0.39, 0.29) is 17.6 Å². The van der Waals surface area contributed by atoms with Crippen LogP contribution in [0.25, 0.3) is 0 Å². The van der Waals surface area contributed by atoms with Gasteiger partial charge >= 0.3 is 0 Å². The van der Waals surface area contributed by atoms with E-state index in [4.69, 9.17) is 9.47 Å². The SMILES string of the molecule is COc1ccc(C(C)NC(=O)CCCNc2ccc([N+](=O)[O-])cc2)cc1OC. The Bertz CT molecular complexity index is 808. The minimum Gasteiger partial charge on any atom is -0.493 e. The second-order valence-corrected chi connectivity index (χ2v) is 6.24. The first-order chi connectivity index (χ1) is 13.4.